The lowest BCUT2D eigenvalue weighted by molar-refractivity contribution is 0.0866. The summed E-state index contributed by atoms with van der Waals surface area (Å²) in [5, 5.41) is 27.4. The van der Waals surface area contributed by atoms with E-state index in [4.69, 9.17) is 28.3 Å². The lowest BCUT2D eigenvalue weighted by Gasteiger charge is -2.40. The largest absolute Gasteiger partial charge is 0.373 e. The molecule has 2 aliphatic heterocycles. The molecule has 5 aromatic rings. The lowest BCUT2D eigenvalue weighted by atomic mass is 9.97. The van der Waals surface area contributed by atoms with Crippen molar-refractivity contribution in [2.24, 2.45) is 0 Å². The number of hydrogen-bond donors (Lipinski definition) is 2. The van der Waals surface area contributed by atoms with E-state index in [0.717, 1.165) is 56.8 Å². The number of nitrogens with zero attached hydrogens (tertiary/aromatic N) is 7. The van der Waals surface area contributed by atoms with Crippen molar-refractivity contribution >= 4 is 51.2 Å². The van der Waals surface area contributed by atoms with Crippen molar-refractivity contribution in [1.29, 1.82) is 5.26 Å². The van der Waals surface area contributed by atoms with Crippen LogP contribution in [0.5, 0.6) is 0 Å². The molecule has 0 saturated carbocycles. The molecule has 1 saturated heterocycles. The molecule has 9 nitrogen and oxygen atoms in total. The van der Waals surface area contributed by atoms with Crippen LogP contribution in [0.4, 0.5) is 21.5 Å². The number of anilines is 3. The zero-order valence-corrected chi connectivity index (χ0v) is 30.2. The van der Waals surface area contributed by atoms with Crippen molar-refractivity contribution in [2.45, 2.75) is 71.2 Å². The molecule has 1 atom stereocenters. The summed E-state index contributed by atoms with van der Waals surface area (Å²) in [5.74, 6) is -0.529. The number of halogens is 3. The van der Waals surface area contributed by atoms with Gasteiger partial charge in [-0.3, -0.25) is 14.8 Å². The van der Waals surface area contributed by atoms with Crippen LogP contribution >= 0.6 is 23.2 Å². The number of nitriles is 1. The number of nitrogens with one attached hydrogen (secondary N) is 2. The molecular formula is C38H40Cl2FN9. The smallest absolute Gasteiger partial charge is 0.141 e. The Morgan fingerprint density at radius 1 is 1.00 bits per heavy atom. The van der Waals surface area contributed by atoms with Gasteiger partial charge in [0.15, 0.2) is 0 Å². The second-order valence-electron chi connectivity index (χ2n) is 14.2. The van der Waals surface area contributed by atoms with Gasteiger partial charge in [-0.1, -0.05) is 53.5 Å². The van der Waals surface area contributed by atoms with E-state index in [2.05, 4.69) is 88.8 Å². The molecule has 4 heterocycles. The van der Waals surface area contributed by atoms with E-state index in [1.165, 1.54) is 29.5 Å². The Morgan fingerprint density at radius 3 is 2.48 bits per heavy atom. The number of rotatable bonds is 8. The van der Waals surface area contributed by atoms with Gasteiger partial charge in [-0.05, 0) is 87.2 Å². The third-order valence-corrected chi connectivity index (χ3v) is 10.5. The predicted molar refractivity (Wildman–Crippen MR) is 197 cm³/mol. The summed E-state index contributed by atoms with van der Waals surface area (Å²) in [6, 6.07) is 16.9. The van der Waals surface area contributed by atoms with Gasteiger partial charge in [0.25, 0.3) is 0 Å². The van der Waals surface area contributed by atoms with Gasteiger partial charge in [0.2, 0.25) is 0 Å². The Hall–Kier alpha value is -4.27. The number of pyridine rings is 1. The van der Waals surface area contributed by atoms with Crippen LogP contribution in [0.15, 0.2) is 60.9 Å². The highest BCUT2D eigenvalue weighted by atomic mass is 35.5. The van der Waals surface area contributed by atoms with Crippen LogP contribution in [0.2, 0.25) is 10.0 Å². The third kappa shape index (κ3) is 6.88. The average molecular weight is 713 g/mol. The van der Waals surface area contributed by atoms with Gasteiger partial charge >= 0.3 is 0 Å². The number of hydrogen-bond acceptors (Lipinski definition) is 8. The molecule has 1 fully saturated rings. The molecule has 0 bridgehead atoms. The van der Waals surface area contributed by atoms with Gasteiger partial charge in [0.05, 0.1) is 45.1 Å². The van der Waals surface area contributed by atoms with E-state index in [-0.39, 0.29) is 22.6 Å². The van der Waals surface area contributed by atoms with Gasteiger partial charge in [0.1, 0.15) is 17.6 Å². The van der Waals surface area contributed by atoms with Crippen LogP contribution in [0.1, 0.15) is 80.6 Å². The maximum atomic E-state index is 14.0. The van der Waals surface area contributed by atoms with Gasteiger partial charge in [0, 0.05) is 54.7 Å². The maximum Gasteiger partial charge on any atom is 0.141 e. The van der Waals surface area contributed by atoms with Gasteiger partial charge in [-0.2, -0.15) is 5.26 Å². The Bertz CT molecular complexity index is 2090. The Morgan fingerprint density at radius 2 is 1.76 bits per heavy atom. The summed E-state index contributed by atoms with van der Waals surface area (Å²) in [6.07, 6.45) is 5.57. The van der Waals surface area contributed by atoms with Crippen molar-refractivity contribution in [2.75, 3.05) is 30.3 Å². The van der Waals surface area contributed by atoms with E-state index >= 15 is 0 Å². The monoisotopic (exact) mass is 711 g/mol. The fraction of sp³-hybridized carbons (Fsp3) is 0.368. The fourth-order valence-electron chi connectivity index (χ4n) is 7.07. The molecule has 2 N–H and O–H groups in total. The molecule has 2 aliphatic rings. The lowest BCUT2D eigenvalue weighted by Crippen LogP contribution is -2.46. The Kier molecular flexibility index (Phi) is 9.44. The normalized spacial score (nSPS) is 16.4. The molecule has 1 unspecified atom stereocenters. The number of fused-ring (bicyclic) bond motifs is 2. The number of piperidine rings is 1. The molecule has 50 heavy (non-hydrogen) atoms. The van der Waals surface area contributed by atoms with E-state index in [1.54, 1.807) is 6.07 Å². The van der Waals surface area contributed by atoms with Gasteiger partial charge in [-0.25, -0.2) is 9.07 Å². The number of benzene rings is 3. The predicted octanol–water partition coefficient (Wildman–Crippen LogP) is 8.86. The first-order chi connectivity index (χ1) is 24.0. The standard InChI is InChI=1S/C38H40Cl2FN9/c1-5-48-20-24-7-6-23(14-25(24)21-48)36(34-22-50(47-46-34)29-10-12-49(13-11-29)38(2,3)4)45-28-15-30-35(44-27-8-9-33(41)31(39)16-27)26(18-42)19-43-37(30)32(40)17-28/h6-9,14-17,19,22,29,36,45H,5,10-13,20-21H2,1-4H3,(H,43,44). The van der Waals surface area contributed by atoms with Crippen LogP contribution < -0.4 is 10.6 Å². The zero-order chi connectivity index (χ0) is 35.2. The molecule has 7 rings (SSSR count). The zero-order valence-electron chi connectivity index (χ0n) is 28.6. The molecule has 0 aliphatic carbocycles. The molecular weight excluding hydrogens is 672 g/mol. The van der Waals surface area contributed by atoms with E-state index in [0.29, 0.717) is 38.6 Å². The van der Waals surface area contributed by atoms with Crippen molar-refractivity contribution in [3.8, 4) is 6.07 Å². The maximum absolute atomic E-state index is 14.0. The van der Waals surface area contributed by atoms with Crippen molar-refractivity contribution in [3.63, 3.8) is 0 Å². The minimum absolute atomic E-state index is 0.0284. The van der Waals surface area contributed by atoms with Crippen molar-refractivity contribution in [3.05, 3.63) is 105 Å². The summed E-state index contributed by atoms with van der Waals surface area (Å²) >= 11 is 13.0. The van der Waals surface area contributed by atoms with Gasteiger partial charge < -0.3 is 10.6 Å². The topological polar surface area (TPSA) is 97.9 Å². The van der Waals surface area contributed by atoms with Crippen LogP contribution in [0.3, 0.4) is 0 Å². The van der Waals surface area contributed by atoms with E-state index in [1.807, 2.05) is 16.8 Å². The van der Waals surface area contributed by atoms with Crippen LogP contribution in [0, 0.1) is 17.1 Å². The van der Waals surface area contributed by atoms with Crippen LogP contribution in [0.25, 0.3) is 10.9 Å². The van der Waals surface area contributed by atoms with Crippen molar-refractivity contribution < 1.29 is 4.39 Å². The second kappa shape index (κ2) is 13.8. The average Bonchev–Trinajstić information content (AvgIpc) is 3.76. The van der Waals surface area contributed by atoms with Crippen LogP contribution in [-0.2, 0) is 13.1 Å². The Balaban J connectivity index is 1.26. The first-order valence-corrected chi connectivity index (χ1v) is 17.8. The fourth-order valence-corrected chi connectivity index (χ4v) is 7.51. The summed E-state index contributed by atoms with van der Waals surface area (Å²) in [4.78, 5) is 9.46. The highest BCUT2D eigenvalue weighted by Crippen LogP contribution is 2.38. The molecule has 2 aromatic heterocycles. The summed E-state index contributed by atoms with van der Waals surface area (Å²) in [6.45, 7) is 13.8. The highest BCUT2D eigenvalue weighted by molar-refractivity contribution is 6.36. The molecule has 258 valence electrons. The third-order valence-electron chi connectivity index (χ3n) is 9.96. The summed E-state index contributed by atoms with van der Waals surface area (Å²) in [5.41, 5.74) is 7.21. The van der Waals surface area contributed by atoms with Crippen molar-refractivity contribution in [1.82, 2.24) is 29.8 Å². The second-order valence-corrected chi connectivity index (χ2v) is 15.0. The molecule has 3 aromatic carbocycles. The minimum atomic E-state index is -0.529. The minimum Gasteiger partial charge on any atom is -0.373 e. The first kappa shape index (κ1) is 34.2. The van der Waals surface area contributed by atoms with Gasteiger partial charge in [-0.15, -0.1) is 5.10 Å². The SMILES string of the molecule is CCN1Cc2ccc(C(Nc3cc(Cl)c4ncc(C#N)c(Nc5ccc(F)c(Cl)c5)c4c3)c3cn(C4CCN(C(C)(C)C)CC4)nn3)cc2C1. The molecule has 0 radical (unpaired) electrons. The molecule has 0 amide bonds. The summed E-state index contributed by atoms with van der Waals surface area (Å²) < 4.78 is 16.0. The molecule has 12 heteroatoms. The number of aromatic nitrogens is 4. The quantitative estimate of drug-likeness (QED) is 0.165. The molecule has 0 spiro atoms. The summed E-state index contributed by atoms with van der Waals surface area (Å²) in [7, 11) is 0. The first-order valence-electron chi connectivity index (χ1n) is 17.0. The van der Waals surface area contributed by atoms with E-state index in [9.17, 15) is 9.65 Å². The highest BCUT2D eigenvalue weighted by Gasteiger charge is 2.30. The van der Waals surface area contributed by atoms with Crippen LogP contribution in [-0.4, -0.2) is 55.0 Å². The Labute approximate surface area is 302 Å². The van der Waals surface area contributed by atoms with E-state index < -0.39 is 5.82 Å². The number of likely N-dealkylation sites (tertiary alicyclic amines) is 1.